The lowest BCUT2D eigenvalue weighted by Crippen LogP contribution is -2.29. The van der Waals surface area contributed by atoms with Crippen LogP contribution < -0.4 is 14.3 Å². The first-order chi connectivity index (χ1) is 18.4. The highest BCUT2D eigenvalue weighted by Crippen LogP contribution is 2.23. The van der Waals surface area contributed by atoms with E-state index in [1.54, 1.807) is 36.4 Å². The van der Waals surface area contributed by atoms with Crippen molar-refractivity contribution in [1.29, 1.82) is 0 Å². The lowest BCUT2D eigenvalue weighted by atomic mass is 10.1. The van der Waals surface area contributed by atoms with E-state index >= 15 is 0 Å². The van der Waals surface area contributed by atoms with Crippen LogP contribution >= 0.6 is 0 Å². The summed E-state index contributed by atoms with van der Waals surface area (Å²) in [6, 6.07) is 26.6. The summed E-state index contributed by atoms with van der Waals surface area (Å²) in [6.07, 6.45) is 1.14. The highest BCUT2D eigenvalue weighted by atomic mass is 32.2. The van der Waals surface area contributed by atoms with Crippen LogP contribution in [-0.4, -0.2) is 29.0 Å². The van der Waals surface area contributed by atoms with Crippen LogP contribution in [0.4, 0.5) is 17.1 Å². The molecule has 1 amide bonds. The molecule has 0 fully saturated rings. The van der Waals surface area contributed by atoms with Crippen molar-refractivity contribution >= 4 is 43.0 Å². The molecule has 0 unspecified atom stereocenters. The minimum Gasteiger partial charge on any atom is -0.322 e. The fraction of sp³-hybridized carbons (Fsp3) is 0.138. The zero-order valence-corrected chi connectivity index (χ0v) is 23.4. The van der Waals surface area contributed by atoms with E-state index in [0.29, 0.717) is 22.6 Å². The first kappa shape index (κ1) is 27.9. The minimum absolute atomic E-state index is 0.0577. The van der Waals surface area contributed by atoms with Gasteiger partial charge in [0.1, 0.15) is 0 Å². The summed E-state index contributed by atoms with van der Waals surface area (Å²) >= 11 is 0. The van der Waals surface area contributed by atoms with E-state index in [-0.39, 0.29) is 11.4 Å². The average molecular weight is 564 g/mol. The molecule has 4 rings (SSSR count). The summed E-state index contributed by atoms with van der Waals surface area (Å²) in [5, 5.41) is 2.73. The lowest BCUT2D eigenvalue weighted by Gasteiger charge is -2.22. The summed E-state index contributed by atoms with van der Waals surface area (Å²) in [5.74, 6) is -0.417. The topological polar surface area (TPSA) is 113 Å². The van der Waals surface area contributed by atoms with Crippen LogP contribution in [0.3, 0.4) is 0 Å². The van der Waals surface area contributed by atoms with Crippen LogP contribution in [0.5, 0.6) is 0 Å². The van der Waals surface area contributed by atoms with Crippen LogP contribution in [0.25, 0.3) is 0 Å². The van der Waals surface area contributed by atoms with Gasteiger partial charge in [0.2, 0.25) is 10.0 Å². The fourth-order valence-corrected chi connectivity index (χ4v) is 5.81. The molecule has 202 valence electrons. The second-order valence-corrected chi connectivity index (χ2v) is 12.8. The maximum absolute atomic E-state index is 12.8. The number of hydrogen-bond donors (Lipinski definition) is 2. The monoisotopic (exact) mass is 563 g/mol. The van der Waals surface area contributed by atoms with Gasteiger partial charge in [-0.3, -0.25) is 13.8 Å². The summed E-state index contributed by atoms with van der Waals surface area (Å²) in [4.78, 5) is 12.8. The van der Waals surface area contributed by atoms with E-state index in [4.69, 9.17) is 0 Å². The van der Waals surface area contributed by atoms with Crippen LogP contribution in [0.2, 0.25) is 0 Å². The van der Waals surface area contributed by atoms with Crippen molar-refractivity contribution in [3.05, 3.63) is 119 Å². The van der Waals surface area contributed by atoms with Crippen molar-refractivity contribution < 1.29 is 21.6 Å². The molecule has 10 heteroatoms. The second kappa shape index (κ2) is 11.3. The largest absolute Gasteiger partial charge is 0.322 e. The molecule has 0 spiro atoms. The summed E-state index contributed by atoms with van der Waals surface area (Å²) in [6.45, 7) is 4.02. The molecular formula is C29H29N3O5S2. The SMILES string of the molecule is Cc1ccc(NS(=O)(=O)c2ccc(NC(=O)c3ccc(N(Cc4ccccc4)S(C)(=O)=O)cc3)cc2)cc1C. The van der Waals surface area contributed by atoms with Crippen LogP contribution in [0.15, 0.2) is 102 Å². The quantitative estimate of drug-likeness (QED) is 0.286. The minimum atomic E-state index is -3.80. The summed E-state index contributed by atoms with van der Waals surface area (Å²) in [5.41, 5.74) is 4.51. The van der Waals surface area contributed by atoms with Crippen molar-refractivity contribution in [3.8, 4) is 0 Å². The molecule has 0 aliphatic rings. The van der Waals surface area contributed by atoms with Crippen molar-refractivity contribution in [3.63, 3.8) is 0 Å². The van der Waals surface area contributed by atoms with Gasteiger partial charge in [-0.2, -0.15) is 0 Å². The number of carbonyl (C=O) groups excluding carboxylic acids is 1. The Morgan fingerprint density at radius 2 is 1.36 bits per heavy atom. The molecule has 4 aromatic carbocycles. The Labute approximate surface area is 229 Å². The van der Waals surface area contributed by atoms with E-state index in [1.807, 2.05) is 50.2 Å². The lowest BCUT2D eigenvalue weighted by molar-refractivity contribution is 0.102. The molecule has 2 N–H and O–H groups in total. The van der Waals surface area contributed by atoms with Gasteiger partial charge < -0.3 is 5.32 Å². The van der Waals surface area contributed by atoms with Gasteiger partial charge in [-0.05, 0) is 91.2 Å². The van der Waals surface area contributed by atoms with Crippen molar-refractivity contribution in [1.82, 2.24) is 0 Å². The zero-order valence-electron chi connectivity index (χ0n) is 21.7. The number of hydrogen-bond acceptors (Lipinski definition) is 5. The second-order valence-electron chi connectivity index (χ2n) is 9.19. The summed E-state index contributed by atoms with van der Waals surface area (Å²) in [7, 11) is -7.36. The smallest absolute Gasteiger partial charge is 0.261 e. The number of anilines is 3. The third-order valence-electron chi connectivity index (χ3n) is 6.17. The molecule has 0 atom stereocenters. The molecule has 8 nitrogen and oxygen atoms in total. The van der Waals surface area contributed by atoms with E-state index in [1.165, 1.54) is 28.6 Å². The zero-order chi connectivity index (χ0) is 28.2. The van der Waals surface area contributed by atoms with Crippen molar-refractivity contribution in [2.24, 2.45) is 0 Å². The molecule has 0 radical (unpaired) electrons. The number of nitrogens with one attached hydrogen (secondary N) is 2. The highest BCUT2D eigenvalue weighted by Gasteiger charge is 2.19. The van der Waals surface area contributed by atoms with Gasteiger partial charge in [0.05, 0.1) is 23.4 Å². The standard InChI is InChI=1S/C29H29N3O5S2/c1-21-9-12-26(19-22(21)2)31-39(36,37)28-17-13-25(14-18-28)30-29(33)24-10-15-27(16-11-24)32(38(3,34)35)20-23-7-5-4-6-8-23/h4-19,31H,20H2,1-3H3,(H,30,33). The van der Waals surface area contributed by atoms with E-state index in [0.717, 1.165) is 22.9 Å². The van der Waals surface area contributed by atoms with E-state index in [9.17, 15) is 21.6 Å². The van der Waals surface area contributed by atoms with Gasteiger partial charge in [-0.1, -0.05) is 36.4 Å². The van der Waals surface area contributed by atoms with Gasteiger partial charge in [0.25, 0.3) is 15.9 Å². The number of carbonyl (C=O) groups is 1. The first-order valence-corrected chi connectivity index (χ1v) is 15.4. The van der Waals surface area contributed by atoms with Gasteiger partial charge in [0.15, 0.2) is 0 Å². The van der Waals surface area contributed by atoms with E-state index in [2.05, 4.69) is 10.0 Å². The Morgan fingerprint density at radius 3 is 1.95 bits per heavy atom. The Bertz CT molecular complexity index is 1690. The normalized spacial score (nSPS) is 11.6. The maximum atomic E-state index is 12.8. The Balaban J connectivity index is 1.44. The van der Waals surface area contributed by atoms with Crippen LogP contribution in [-0.2, 0) is 26.6 Å². The van der Waals surface area contributed by atoms with E-state index < -0.39 is 26.0 Å². The maximum Gasteiger partial charge on any atom is 0.261 e. The van der Waals surface area contributed by atoms with Gasteiger partial charge in [-0.25, -0.2) is 16.8 Å². The Morgan fingerprint density at radius 1 is 0.744 bits per heavy atom. The van der Waals surface area contributed by atoms with Crippen molar-refractivity contribution in [2.45, 2.75) is 25.3 Å². The molecule has 0 bridgehead atoms. The molecular weight excluding hydrogens is 534 g/mol. The predicted molar refractivity (Wildman–Crippen MR) is 155 cm³/mol. The van der Waals surface area contributed by atoms with Crippen LogP contribution in [0, 0.1) is 13.8 Å². The summed E-state index contributed by atoms with van der Waals surface area (Å²) < 4.78 is 54.2. The Kier molecular flexibility index (Phi) is 8.08. The van der Waals surface area contributed by atoms with Gasteiger partial charge in [-0.15, -0.1) is 0 Å². The molecule has 0 heterocycles. The average Bonchev–Trinajstić information content (AvgIpc) is 2.90. The predicted octanol–water partition coefficient (Wildman–Crippen LogP) is 5.32. The fourth-order valence-electron chi connectivity index (χ4n) is 3.87. The molecule has 0 saturated carbocycles. The van der Waals surface area contributed by atoms with Crippen molar-refractivity contribution in [2.75, 3.05) is 20.6 Å². The number of aryl methyl sites for hydroxylation is 2. The molecule has 0 aromatic heterocycles. The number of nitrogens with zero attached hydrogens (tertiary/aromatic N) is 1. The first-order valence-electron chi connectivity index (χ1n) is 12.1. The molecule has 0 aliphatic heterocycles. The number of benzene rings is 4. The van der Waals surface area contributed by atoms with Gasteiger partial charge >= 0.3 is 0 Å². The number of rotatable bonds is 9. The highest BCUT2D eigenvalue weighted by molar-refractivity contribution is 7.92. The molecule has 0 saturated heterocycles. The molecule has 39 heavy (non-hydrogen) atoms. The molecule has 0 aliphatic carbocycles. The number of sulfonamides is 2. The third kappa shape index (κ3) is 7.04. The van der Waals surface area contributed by atoms with Gasteiger partial charge in [0, 0.05) is 16.9 Å². The Hall–Kier alpha value is -4.15. The number of amides is 1. The molecule has 4 aromatic rings. The third-order valence-corrected chi connectivity index (χ3v) is 8.71. The van der Waals surface area contributed by atoms with Crippen LogP contribution in [0.1, 0.15) is 27.0 Å².